The quantitative estimate of drug-likeness (QED) is 0.832. The number of pyridine rings is 1. The van der Waals surface area contributed by atoms with E-state index in [9.17, 15) is 0 Å². The number of hydrogen-bond acceptors (Lipinski definition) is 3. The topological polar surface area (TPSA) is 28.2 Å². The lowest BCUT2D eigenvalue weighted by molar-refractivity contribution is 0.253. The van der Waals surface area contributed by atoms with E-state index in [0.29, 0.717) is 6.04 Å². The van der Waals surface area contributed by atoms with Gasteiger partial charge in [-0.15, -0.1) is 0 Å². The molecule has 2 heterocycles. The minimum absolute atomic E-state index is 0.560. The molecule has 0 radical (unpaired) electrons. The van der Waals surface area contributed by atoms with Crippen LogP contribution in [0.3, 0.4) is 0 Å². The molecule has 3 nitrogen and oxygen atoms in total. The first-order chi connectivity index (χ1) is 10.9. The minimum Gasteiger partial charge on any atom is -0.340 e. The van der Waals surface area contributed by atoms with Crippen molar-refractivity contribution in [1.29, 1.82) is 0 Å². The van der Waals surface area contributed by atoms with Crippen LogP contribution in [0, 0.1) is 0 Å². The molecular weight excluding hydrogens is 270 g/mol. The predicted molar refractivity (Wildman–Crippen MR) is 92.4 cm³/mol. The van der Waals surface area contributed by atoms with Crippen molar-refractivity contribution in [2.45, 2.75) is 38.6 Å². The van der Waals surface area contributed by atoms with Gasteiger partial charge in [-0.25, -0.2) is 4.98 Å². The van der Waals surface area contributed by atoms with Gasteiger partial charge in [0.1, 0.15) is 5.82 Å². The zero-order valence-electron chi connectivity index (χ0n) is 13.3. The predicted octanol–water partition coefficient (Wildman–Crippen LogP) is 4.76. The Morgan fingerprint density at radius 3 is 2.77 bits per heavy atom. The number of aromatic nitrogens is 1. The molecule has 2 aromatic rings. The zero-order chi connectivity index (χ0) is 15.2. The molecule has 1 atom stereocenters. The van der Waals surface area contributed by atoms with Crippen LogP contribution in [0.25, 0.3) is 0 Å². The van der Waals surface area contributed by atoms with Crippen molar-refractivity contribution in [3.63, 3.8) is 0 Å². The fourth-order valence-corrected chi connectivity index (χ4v) is 3.18. The van der Waals surface area contributed by atoms with Gasteiger partial charge in [0.05, 0.1) is 0 Å². The van der Waals surface area contributed by atoms with Crippen LogP contribution in [0.4, 0.5) is 11.5 Å². The molecule has 3 heteroatoms. The second kappa shape index (κ2) is 7.41. The largest absolute Gasteiger partial charge is 0.340 e. The molecule has 0 saturated carbocycles. The van der Waals surface area contributed by atoms with Crippen LogP contribution >= 0.6 is 0 Å². The molecule has 1 unspecified atom stereocenters. The molecule has 3 rings (SSSR count). The standard InChI is InChI=1S/C19H25N3/c1-2-3-13-22-14-7-10-18(22)16-11-12-19(20-15-16)21-17-8-5-4-6-9-17/h4-6,8-9,11-12,15,18H,2-3,7,10,13-14H2,1H3,(H,20,21). The lowest BCUT2D eigenvalue weighted by Gasteiger charge is -2.24. The number of para-hydroxylation sites is 1. The molecule has 1 N–H and O–H groups in total. The number of likely N-dealkylation sites (tertiary alicyclic amines) is 1. The summed E-state index contributed by atoms with van der Waals surface area (Å²) in [4.78, 5) is 7.21. The average molecular weight is 295 g/mol. The second-order valence-corrected chi connectivity index (χ2v) is 6.02. The van der Waals surface area contributed by atoms with E-state index in [1.165, 1.54) is 44.3 Å². The lowest BCUT2D eigenvalue weighted by Crippen LogP contribution is -2.24. The maximum absolute atomic E-state index is 4.60. The van der Waals surface area contributed by atoms with Crippen LogP contribution in [0.5, 0.6) is 0 Å². The molecule has 1 fully saturated rings. The third-order valence-corrected chi connectivity index (χ3v) is 4.38. The van der Waals surface area contributed by atoms with Gasteiger partial charge in [-0.3, -0.25) is 4.90 Å². The first-order valence-corrected chi connectivity index (χ1v) is 8.39. The summed E-state index contributed by atoms with van der Waals surface area (Å²) in [6.45, 7) is 4.70. The van der Waals surface area contributed by atoms with Gasteiger partial charge in [-0.1, -0.05) is 37.6 Å². The van der Waals surface area contributed by atoms with Crippen LogP contribution in [-0.4, -0.2) is 23.0 Å². The summed E-state index contributed by atoms with van der Waals surface area (Å²) in [6, 6.07) is 15.1. The molecule has 22 heavy (non-hydrogen) atoms. The number of nitrogens with one attached hydrogen (secondary N) is 1. The first-order valence-electron chi connectivity index (χ1n) is 8.39. The van der Waals surface area contributed by atoms with Gasteiger partial charge in [0, 0.05) is 17.9 Å². The van der Waals surface area contributed by atoms with Gasteiger partial charge < -0.3 is 5.32 Å². The highest BCUT2D eigenvalue weighted by molar-refractivity contribution is 5.55. The number of nitrogens with zero attached hydrogens (tertiary/aromatic N) is 2. The van der Waals surface area contributed by atoms with Gasteiger partial charge in [-0.05, 0) is 56.1 Å². The van der Waals surface area contributed by atoms with Crippen molar-refractivity contribution in [2.24, 2.45) is 0 Å². The third-order valence-electron chi connectivity index (χ3n) is 4.38. The van der Waals surface area contributed by atoms with Gasteiger partial charge >= 0.3 is 0 Å². The lowest BCUT2D eigenvalue weighted by atomic mass is 10.1. The number of rotatable bonds is 6. The summed E-state index contributed by atoms with van der Waals surface area (Å²) in [5, 5.41) is 3.34. The summed E-state index contributed by atoms with van der Waals surface area (Å²) < 4.78 is 0. The van der Waals surface area contributed by atoms with E-state index in [0.717, 1.165) is 11.5 Å². The Balaban J connectivity index is 1.66. The number of anilines is 2. The zero-order valence-corrected chi connectivity index (χ0v) is 13.3. The maximum Gasteiger partial charge on any atom is 0.130 e. The minimum atomic E-state index is 0.560. The molecule has 1 aliphatic rings. The van der Waals surface area contributed by atoms with Crippen molar-refractivity contribution in [3.8, 4) is 0 Å². The fraction of sp³-hybridized carbons (Fsp3) is 0.421. The Morgan fingerprint density at radius 2 is 2.05 bits per heavy atom. The van der Waals surface area contributed by atoms with E-state index in [2.05, 4.69) is 46.4 Å². The van der Waals surface area contributed by atoms with Crippen LogP contribution in [0.1, 0.15) is 44.2 Å². The summed E-state index contributed by atoms with van der Waals surface area (Å²) in [5.41, 5.74) is 2.43. The summed E-state index contributed by atoms with van der Waals surface area (Å²) >= 11 is 0. The van der Waals surface area contributed by atoms with E-state index >= 15 is 0 Å². The summed E-state index contributed by atoms with van der Waals surface area (Å²) in [7, 11) is 0. The van der Waals surface area contributed by atoms with Gasteiger partial charge in [0.2, 0.25) is 0 Å². The number of unbranched alkanes of at least 4 members (excludes halogenated alkanes) is 1. The molecule has 1 saturated heterocycles. The van der Waals surface area contributed by atoms with Crippen LogP contribution < -0.4 is 5.32 Å². The van der Waals surface area contributed by atoms with Gasteiger partial charge in [0.25, 0.3) is 0 Å². The highest BCUT2D eigenvalue weighted by Crippen LogP contribution is 2.32. The monoisotopic (exact) mass is 295 g/mol. The van der Waals surface area contributed by atoms with E-state index in [4.69, 9.17) is 0 Å². The maximum atomic E-state index is 4.60. The van der Waals surface area contributed by atoms with Crippen LogP contribution in [-0.2, 0) is 0 Å². The van der Waals surface area contributed by atoms with Crippen LogP contribution in [0.2, 0.25) is 0 Å². The summed E-state index contributed by atoms with van der Waals surface area (Å²) in [5.74, 6) is 0.910. The Hall–Kier alpha value is -1.87. The van der Waals surface area contributed by atoms with Crippen molar-refractivity contribution < 1.29 is 0 Å². The Labute approximate surface area is 133 Å². The van der Waals surface area contributed by atoms with Crippen molar-refractivity contribution >= 4 is 11.5 Å². The van der Waals surface area contributed by atoms with E-state index in [-0.39, 0.29) is 0 Å². The second-order valence-electron chi connectivity index (χ2n) is 6.02. The Bertz CT molecular complexity index is 565. The van der Waals surface area contributed by atoms with Crippen molar-refractivity contribution in [3.05, 3.63) is 54.2 Å². The van der Waals surface area contributed by atoms with Gasteiger partial charge in [0.15, 0.2) is 0 Å². The van der Waals surface area contributed by atoms with E-state index in [1.807, 2.05) is 24.4 Å². The van der Waals surface area contributed by atoms with Gasteiger partial charge in [-0.2, -0.15) is 0 Å². The highest BCUT2D eigenvalue weighted by atomic mass is 15.2. The number of benzene rings is 1. The Morgan fingerprint density at radius 1 is 1.18 bits per heavy atom. The van der Waals surface area contributed by atoms with E-state index < -0.39 is 0 Å². The third kappa shape index (κ3) is 3.66. The normalized spacial score (nSPS) is 18.5. The average Bonchev–Trinajstić information content (AvgIpc) is 3.03. The molecule has 1 aromatic carbocycles. The van der Waals surface area contributed by atoms with Crippen LogP contribution in [0.15, 0.2) is 48.7 Å². The molecule has 1 aliphatic heterocycles. The number of hydrogen-bond donors (Lipinski definition) is 1. The van der Waals surface area contributed by atoms with Crippen molar-refractivity contribution in [2.75, 3.05) is 18.4 Å². The summed E-state index contributed by atoms with van der Waals surface area (Å²) in [6.07, 6.45) is 7.16. The first kappa shape index (κ1) is 15.0. The fourth-order valence-electron chi connectivity index (χ4n) is 3.18. The SMILES string of the molecule is CCCCN1CCCC1c1ccc(Nc2ccccc2)nc1. The smallest absolute Gasteiger partial charge is 0.130 e. The van der Waals surface area contributed by atoms with Crippen molar-refractivity contribution in [1.82, 2.24) is 9.88 Å². The molecule has 0 bridgehead atoms. The molecule has 0 spiro atoms. The Kier molecular flexibility index (Phi) is 5.07. The molecule has 0 aliphatic carbocycles. The highest BCUT2D eigenvalue weighted by Gasteiger charge is 2.25. The van der Waals surface area contributed by atoms with E-state index in [1.54, 1.807) is 0 Å². The molecule has 116 valence electrons. The molecule has 1 aromatic heterocycles. The molecule has 0 amide bonds. The molecular formula is C19H25N3.